The highest BCUT2D eigenvalue weighted by Gasteiger charge is 2.10. The molecule has 0 radical (unpaired) electrons. The summed E-state index contributed by atoms with van der Waals surface area (Å²) in [5, 5.41) is 2.96. The van der Waals surface area contributed by atoms with Crippen molar-refractivity contribution in [2.45, 2.75) is 6.42 Å². The molecular formula is C12H15NO4. The summed E-state index contributed by atoms with van der Waals surface area (Å²) >= 11 is 0. The first-order valence-corrected chi connectivity index (χ1v) is 5.50. The first-order valence-electron chi connectivity index (χ1n) is 5.50. The Kier molecular flexibility index (Phi) is 3.69. The molecule has 0 atom stereocenters. The summed E-state index contributed by atoms with van der Waals surface area (Å²) < 4.78 is 15.6. The van der Waals surface area contributed by atoms with Gasteiger partial charge in [-0.05, 0) is 12.1 Å². The van der Waals surface area contributed by atoms with Gasteiger partial charge in [-0.25, -0.2) is 0 Å². The van der Waals surface area contributed by atoms with Crippen molar-refractivity contribution >= 4 is 11.7 Å². The van der Waals surface area contributed by atoms with Gasteiger partial charge in [0.25, 0.3) is 0 Å². The summed E-state index contributed by atoms with van der Waals surface area (Å²) in [6.07, 6.45) is 0.875. The van der Waals surface area contributed by atoms with Crippen molar-refractivity contribution in [1.82, 2.24) is 0 Å². The lowest BCUT2D eigenvalue weighted by atomic mass is 10.2. The van der Waals surface area contributed by atoms with E-state index in [9.17, 15) is 4.79 Å². The van der Waals surface area contributed by atoms with E-state index in [-0.39, 0.29) is 12.5 Å². The normalized spacial score (nSPS) is 13.7. The van der Waals surface area contributed by atoms with Crippen LogP contribution in [-0.2, 0) is 9.53 Å². The monoisotopic (exact) mass is 237 g/mol. The lowest BCUT2D eigenvalue weighted by Crippen LogP contribution is -2.14. The van der Waals surface area contributed by atoms with Gasteiger partial charge < -0.3 is 19.5 Å². The lowest BCUT2D eigenvalue weighted by molar-refractivity contribution is -0.138. The standard InChI is InChI=1S/C12H15NO4/c1-15-12(14)8-13-9-3-4-10-11(7-9)17-6-2-5-16-10/h3-4,7,13H,2,5-6,8H2,1H3. The van der Waals surface area contributed by atoms with E-state index in [1.807, 2.05) is 18.2 Å². The van der Waals surface area contributed by atoms with Crippen molar-refractivity contribution in [1.29, 1.82) is 0 Å². The quantitative estimate of drug-likeness (QED) is 0.806. The molecule has 0 aromatic heterocycles. The van der Waals surface area contributed by atoms with E-state index in [0.29, 0.717) is 19.0 Å². The molecule has 92 valence electrons. The van der Waals surface area contributed by atoms with Crippen molar-refractivity contribution in [3.8, 4) is 11.5 Å². The third-order valence-electron chi connectivity index (χ3n) is 2.41. The van der Waals surface area contributed by atoms with Gasteiger partial charge in [-0.1, -0.05) is 0 Å². The first kappa shape index (κ1) is 11.6. The second-order valence-electron chi connectivity index (χ2n) is 3.64. The van der Waals surface area contributed by atoms with Gasteiger partial charge in [0, 0.05) is 18.2 Å². The van der Waals surface area contributed by atoms with Gasteiger partial charge in [-0.3, -0.25) is 4.79 Å². The van der Waals surface area contributed by atoms with Crippen LogP contribution in [0.4, 0.5) is 5.69 Å². The fraction of sp³-hybridized carbons (Fsp3) is 0.417. The van der Waals surface area contributed by atoms with Crippen LogP contribution in [0.5, 0.6) is 11.5 Å². The van der Waals surface area contributed by atoms with Gasteiger partial charge in [0.2, 0.25) is 0 Å². The number of fused-ring (bicyclic) bond motifs is 1. The average molecular weight is 237 g/mol. The maximum Gasteiger partial charge on any atom is 0.325 e. The average Bonchev–Trinajstić information content (AvgIpc) is 2.60. The second-order valence-corrected chi connectivity index (χ2v) is 3.64. The minimum atomic E-state index is -0.308. The summed E-state index contributed by atoms with van der Waals surface area (Å²) in [6, 6.07) is 5.50. The highest BCUT2D eigenvalue weighted by Crippen LogP contribution is 2.32. The Morgan fingerprint density at radius 3 is 2.88 bits per heavy atom. The van der Waals surface area contributed by atoms with E-state index in [1.54, 1.807) is 0 Å². The molecule has 1 aliphatic heterocycles. The van der Waals surface area contributed by atoms with Crippen LogP contribution in [0.15, 0.2) is 18.2 Å². The minimum absolute atomic E-state index is 0.135. The van der Waals surface area contributed by atoms with Crippen LogP contribution in [-0.4, -0.2) is 32.8 Å². The Morgan fingerprint density at radius 1 is 1.35 bits per heavy atom. The lowest BCUT2D eigenvalue weighted by Gasteiger charge is -2.10. The first-order chi connectivity index (χ1) is 8.29. The van der Waals surface area contributed by atoms with Crippen LogP contribution in [0.2, 0.25) is 0 Å². The third-order valence-corrected chi connectivity index (χ3v) is 2.41. The van der Waals surface area contributed by atoms with Crippen molar-refractivity contribution in [3.63, 3.8) is 0 Å². The molecule has 0 saturated carbocycles. The fourth-order valence-corrected chi connectivity index (χ4v) is 1.52. The molecule has 1 N–H and O–H groups in total. The van der Waals surface area contributed by atoms with Crippen LogP contribution in [0.25, 0.3) is 0 Å². The maximum absolute atomic E-state index is 11.0. The molecular weight excluding hydrogens is 222 g/mol. The SMILES string of the molecule is COC(=O)CNc1ccc2c(c1)OCCCO2. The van der Waals surface area contributed by atoms with Crippen LogP contribution in [0.3, 0.4) is 0 Å². The van der Waals surface area contributed by atoms with Gasteiger partial charge in [0.15, 0.2) is 11.5 Å². The topological polar surface area (TPSA) is 56.8 Å². The van der Waals surface area contributed by atoms with Gasteiger partial charge in [-0.2, -0.15) is 0 Å². The minimum Gasteiger partial charge on any atom is -0.490 e. The smallest absolute Gasteiger partial charge is 0.325 e. The summed E-state index contributed by atoms with van der Waals surface area (Å²) in [4.78, 5) is 11.0. The number of benzene rings is 1. The Morgan fingerprint density at radius 2 is 2.12 bits per heavy atom. The molecule has 1 aromatic carbocycles. The van der Waals surface area contributed by atoms with E-state index < -0.39 is 0 Å². The number of carbonyl (C=O) groups excluding carboxylic acids is 1. The Bertz CT molecular complexity index is 405. The molecule has 0 saturated heterocycles. The van der Waals surface area contributed by atoms with Crippen molar-refractivity contribution in [3.05, 3.63) is 18.2 Å². The van der Waals surface area contributed by atoms with Crippen LogP contribution >= 0.6 is 0 Å². The summed E-state index contributed by atoms with van der Waals surface area (Å²) in [5.74, 6) is 1.14. The van der Waals surface area contributed by atoms with E-state index in [1.165, 1.54) is 7.11 Å². The number of rotatable bonds is 3. The number of esters is 1. The van der Waals surface area contributed by atoms with E-state index >= 15 is 0 Å². The maximum atomic E-state index is 11.0. The predicted octanol–water partition coefficient (Wildman–Crippen LogP) is 1.43. The van der Waals surface area contributed by atoms with Gasteiger partial charge in [0.1, 0.15) is 6.54 Å². The highest BCUT2D eigenvalue weighted by atomic mass is 16.5. The largest absolute Gasteiger partial charge is 0.490 e. The highest BCUT2D eigenvalue weighted by molar-refractivity contribution is 5.75. The molecule has 0 fully saturated rings. The Labute approximate surface area is 99.7 Å². The fourth-order valence-electron chi connectivity index (χ4n) is 1.52. The zero-order chi connectivity index (χ0) is 12.1. The Hall–Kier alpha value is -1.91. The molecule has 2 rings (SSSR count). The van der Waals surface area contributed by atoms with Crippen molar-refractivity contribution < 1.29 is 19.0 Å². The molecule has 0 amide bonds. The molecule has 5 nitrogen and oxygen atoms in total. The predicted molar refractivity (Wildman–Crippen MR) is 62.6 cm³/mol. The molecule has 1 aromatic rings. The second kappa shape index (κ2) is 5.43. The number of carbonyl (C=O) groups is 1. The van der Waals surface area contributed by atoms with Gasteiger partial charge >= 0.3 is 5.97 Å². The molecule has 1 heterocycles. The van der Waals surface area contributed by atoms with E-state index in [0.717, 1.165) is 17.9 Å². The molecule has 0 unspecified atom stereocenters. The van der Waals surface area contributed by atoms with Gasteiger partial charge in [0.05, 0.1) is 20.3 Å². The number of methoxy groups -OCH3 is 1. The Balaban J connectivity index is 2.04. The third kappa shape index (κ3) is 3.03. The van der Waals surface area contributed by atoms with Crippen LogP contribution in [0, 0.1) is 0 Å². The number of anilines is 1. The zero-order valence-electron chi connectivity index (χ0n) is 9.69. The van der Waals surface area contributed by atoms with Gasteiger partial charge in [-0.15, -0.1) is 0 Å². The zero-order valence-corrected chi connectivity index (χ0v) is 9.69. The molecule has 0 bridgehead atoms. The van der Waals surface area contributed by atoms with Crippen molar-refractivity contribution in [2.75, 3.05) is 32.2 Å². The molecule has 17 heavy (non-hydrogen) atoms. The molecule has 0 spiro atoms. The summed E-state index contributed by atoms with van der Waals surface area (Å²) in [7, 11) is 1.36. The number of nitrogens with one attached hydrogen (secondary N) is 1. The summed E-state index contributed by atoms with van der Waals surface area (Å²) in [6.45, 7) is 1.45. The van der Waals surface area contributed by atoms with Crippen LogP contribution < -0.4 is 14.8 Å². The number of hydrogen-bond donors (Lipinski definition) is 1. The summed E-state index contributed by atoms with van der Waals surface area (Å²) in [5.41, 5.74) is 0.805. The van der Waals surface area contributed by atoms with Crippen molar-refractivity contribution in [2.24, 2.45) is 0 Å². The number of ether oxygens (including phenoxy) is 3. The van der Waals surface area contributed by atoms with E-state index in [4.69, 9.17) is 9.47 Å². The molecule has 0 aliphatic carbocycles. The molecule has 5 heteroatoms. The molecule has 1 aliphatic rings. The number of hydrogen-bond acceptors (Lipinski definition) is 5. The van der Waals surface area contributed by atoms with Crippen LogP contribution in [0.1, 0.15) is 6.42 Å². The van der Waals surface area contributed by atoms with E-state index in [2.05, 4.69) is 10.1 Å².